The summed E-state index contributed by atoms with van der Waals surface area (Å²) in [5.74, 6) is -0.611. The van der Waals surface area contributed by atoms with Crippen molar-refractivity contribution in [2.75, 3.05) is 24.5 Å². The van der Waals surface area contributed by atoms with Crippen LogP contribution >= 0.6 is 15.9 Å². The molecule has 2 amide bonds. The first kappa shape index (κ1) is 26.5. The van der Waals surface area contributed by atoms with Gasteiger partial charge in [0.15, 0.2) is 5.69 Å². The predicted molar refractivity (Wildman–Crippen MR) is 143 cm³/mol. The molecular formula is C25H21BrN6O6. The van der Waals surface area contributed by atoms with Crippen molar-refractivity contribution in [1.29, 1.82) is 0 Å². The maximum atomic E-state index is 12.7. The summed E-state index contributed by atoms with van der Waals surface area (Å²) in [5, 5.41) is 30.6. The first-order valence-electron chi connectivity index (χ1n) is 11.5. The van der Waals surface area contributed by atoms with E-state index in [1.165, 1.54) is 4.90 Å². The second-order valence-corrected chi connectivity index (χ2v) is 9.22. The number of nitrogens with zero attached hydrogens (tertiary/aromatic N) is 6. The summed E-state index contributed by atoms with van der Waals surface area (Å²) in [6.07, 6.45) is 0. The number of amides is 2. The summed E-state index contributed by atoms with van der Waals surface area (Å²) in [7, 11) is 0. The number of likely N-dealkylation sites (N-methyl/N-ethyl adjacent to an activating group) is 1. The number of carbonyl (C=O) groups excluding carboxylic acids is 2. The van der Waals surface area contributed by atoms with Crippen LogP contribution in [-0.4, -0.2) is 46.2 Å². The standard InChI is InChI=1S/C25H21BrN6O6/c1-3-29(10-11-30-24(33)18-6-4-5-7-19(18)25(30)34)16-8-9-21(15(2)12-16)27-28-23-20(26)13-17(31(35)36)14-22(23)32(37)38/h4-9,12-14H,3,10-11H2,1-2H3. The zero-order chi connectivity index (χ0) is 27.6. The van der Waals surface area contributed by atoms with E-state index in [-0.39, 0.29) is 28.5 Å². The number of nitro groups is 2. The van der Waals surface area contributed by atoms with Crippen LogP contribution in [0.1, 0.15) is 33.2 Å². The van der Waals surface area contributed by atoms with E-state index in [0.29, 0.717) is 29.9 Å². The van der Waals surface area contributed by atoms with Gasteiger partial charge >= 0.3 is 5.69 Å². The van der Waals surface area contributed by atoms with E-state index < -0.39 is 21.2 Å². The molecule has 4 rings (SSSR count). The maximum Gasteiger partial charge on any atom is 0.304 e. The van der Waals surface area contributed by atoms with Gasteiger partial charge in [-0.15, -0.1) is 10.2 Å². The molecule has 0 fully saturated rings. The van der Waals surface area contributed by atoms with Crippen LogP contribution in [0.2, 0.25) is 0 Å². The largest absolute Gasteiger partial charge is 0.370 e. The molecule has 0 bridgehead atoms. The number of hydrogen-bond donors (Lipinski definition) is 0. The van der Waals surface area contributed by atoms with Crippen molar-refractivity contribution in [2.24, 2.45) is 10.2 Å². The molecule has 0 spiro atoms. The number of rotatable bonds is 9. The van der Waals surface area contributed by atoms with Gasteiger partial charge < -0.3 is 4.90 Å². The Morgan fingerprint density at radius 1 is 0.947 bits per heavy atom. The fraction of sp³-hybridized carbons (Fsp3) is 0.200. The van der Waals surface area contributed by atoms with Crippen molar-refractivity contribution < 1.29 is 19.4 Å². The molecule has 0 N–H and O–H groups in total. The van der Waals surface area contributed by atoms with Gasteiger partial charge in [0.05, 0.1) is 37.2 Å². The number of carbonyl (C=O) groups is 2. The molecule has 194 valence electrons. The van der Waals surface area contributed by atoms with Gasteiger partial charge in [0.1, 0.15) is 0 Å². The summed E-state index contributed by atoms with van der Waals surface area (Å²) in [6.45, 7) is 5.01. The predicted octanol–water partition coefficient (Wildman–Crippen LogP) is 6.11. The van der Waals surface area contributed by atoms with Gasteiger partial charge in [-0.05, 0) is 65.7 Å². The second-order valence-electron chi connectivity index (χ2n) is 8.37. The summed E-state index contributed by atoms with van der Waals surface area (Å²) in [6, 6.07) is 14.1. The van der Waals surface area contributed by atoms with E-state index >= 15 is 0 Å². The van der Waals surface area contributed by atoms with Crippen LogP contribution in [0.5, 0.6) is 0 Å². The second kappa shape index (κ2) is 10.8. The number of azo groups is 1. The fourth-order valence-corrected chi connectivity index (χ4v) is 4.62. The molecule has 0 saturated carbocycles. The van der Waals surface area contributed by atoms with Gasteiger partial charge in [-0.1, -0.05) is 12.1 Å². The lowest BCUT2D eigenvalue weighted by atomic mass is 10.1. The Labute approximate surface area is 225 Å². The van der Waals surface area contributed by atoms with Crippen LogP contribution in [0.3, 0.4) is 0 Å². The van der Waals surface area contributed by atoms with Crippen molar-refractivity contribution in [3.05, 3.63) is 96.0 Å². The Hall–Kier alpha value is -4.52. The maximum absolute atomic E-state index is 12.7. The van der Waals surface area contributed by atoms with Gasteiger partial charge in [-0.2, -0.15) is 0 Å². The third-order valence-electron chi connectivity index (χ3n) is 6.09. The van der Waals surface area contributed by atoms with Gasteiger partial charge in [-0.3, -0.25) is 34.7 Å². The third-order valence-corrected chi connectivity index (χ3v) is 6.70. The lowest BCUT2D eigenvalue weighted by Crippen LogP contribution is -2.38. The smallest absolute Gasteiger partial charge is 0.304 e. The summed E-state index contributed by atoms with van der Waals surface area (Å²) < 4.78 is 0.0711. The molecule has 0 aliphatic carbocycles. The van der Waals surface area contributed by atoms with Crippen molar-refractivity contribution in [3.63, 3.8) is 0 Å². The fourth-order valence-electron chi connectivity index (χ4n) is 4.10. The van der Waals surface area contributed by atoms with Crippen LogP contribution < -0.4 is 4.90 Å². The Bertz CT molecular complexity index is 1470. The van der Waals surface area contributed by atoms with Crippen LogP contribution in [-0.2, 0) is 0 Å². The molecule has 0 saturated heterocycles. The molecule has 1 aliphatic heterocycles. The molecule has 38 heavy (non-hydrogen) atoms. The van der Waals surface area contributed by atoms with E-state index in [1.807, 2.05) is 17.9 Å². The van der Waals surface area contributed by atoms with Gasteiger partial charge in [0.25, 0.3) is 17.5 Å². The Morgan fingerprint density at radius 2 is 1.61 bits per heavy atom. The van der Waals surface area contributed by atoms with Crippen LogP contribution in [0.15, 0.2) is 69.3 Å². The Balaban J connectivity index is 1.51. The summed E-state index contributed by atoms with van der Waals surface area (Å²) in [4.78, 5) is 49.6. The number of anilines is 1. The normalized spacial score (nSPS) is 12.8. The SMILES string of the molecule is CCN(CCN1C(=O)c2ccccc2C1=O)c1ccc(N=Nc2c(Br)cc([N+](=O)[O-])cc2[N+](=O)[O-])c(C)c1. The highest BCUT2D eigenvalue weighted by atomic mass is 79.9. The number of benzene rings is 3. The number of nitro benzene ring substituents is 2. The van der Waals surface area contributed by atoms with Crippen molar-refractivity contribution in [3.8, 4) is 0 Å². The number of aryl methyl sites for hydroxylation is 1. The molecular weight excluding hydrogens is 560 g/mol. The minimum Gasteiger partial charge on any atom is -0.370 e. The van der Waals surface area contributed by atoms with Crippen molar-refractivity contribution >= 4 is 56.2 Å². The average Bonchev–Trinajstić information content (AvgIpc) is 3.13. The van der Waals surface area contributed by atoms with Crippen LogP contribution in [0, 0.1) is 27.2 Å². The quantitative estimate of drug-likeness (QED) is 0.128. The third kappa shape index (κ3) is 5.13. The zero-order valence-corrected chi connectivity index (χ0v) is 21.9. The monoisotopic (exact) mass is 580 g/mol. The van der Waals surface area contributed by atoms with E-state index in [0.717, 1.165) is 23.4 Å². The van der Waals surface area contributed by atoms with Gasteiger partial charge in [-0.25, -0.2) is 0 Å². The molecule has 0 unspecified atom stereocenters. The molecule has 3 aromatic rings. The van der Waals surface area contributed by atoms with Crippen LogP contribution in [0.4, 0.5) is 28.4 Å². The van der Waals surface area contributed by atoms with Gasteiger partial charge in [0, 0.05) is 31.4 Å². The minimum absolute atomic E-state index is 0.0711. The van der Waals surface area contributed by atoms with E-state index in [9.17, 15) is 29.8 Å². The number of hydrogen-bond acceptors (Lipinski definition) is 9. The molecule has 0 radical (unpaired) electrons. The highest BCUT2D eigenvalue weighted by Crippen LogP contribution is 2.40. The topological polar surface area (TPSA) is 152 Å². The number of fused-ring (bicyclic) bond motifs is 1. The Kier molecular flexibility index (Phi) is 7.57. The molecule has 12 nitrogen and oxygen atoms in total. The first-order chi connectivity index (χ1) is 18.1. The molecule has 0 aromatic heterocycles. The number of imide groups is 1. The van der Waals surface area contributed by atoms with Gasteiger partial charge in [0.2, 0.25) is 0 Å². The minimum atomic E-state index is -0.754. The summed E-state index contributed by atoms with van der Waals surface area (Å²) >= 11 is 3.11. The number of halogens is 1. The molecule has 0 atom stereocenters. The zero-order valence-electron chi connectivity index (χ0n) is 20.3. The van der Waals surface area contributed by atoms with Crippen molar-refractivity contribution in [1.82, 2.24) is 4.90 Å². The van der Waals surface area contributed by atoms with Crippen LogP contribution in [0.25, 0.3) is 0 Å². The molecule has 13 heteroatoms. The first-order valence-corrected chi connectivity index (χ1v) is 12.3. The molecule has 1 heterocycles. The lowest BCUT2D eigenvalue weighted by Gasteiger charge is -2.26. The Morgan fingerprint density at radius 3 is 2.16 bits per heavy atom. The van der Waals surface area contributed by atoms with E-state index in [4.69, 9.17) is 0 Å². The highest BCUT2D eigenvalue weighted by molar-refractivity contribution is 9.10. The van der Waals surface area contributed by atoms with E-state index in [1.54, 1.807) is 43.3 Å². The lowest BCUT2D eigenvalue weighted by molar-refractivity contribution is -0.393. The summed E-state index contributed by atoms with van der Waals surface area (Å²) in [5.41, 5.74) is 1.70. The highest BCUT2D eigenvalue weighted by Gasteiger charge is 2.35. The van der Waals surface area contributed by atoms with E-state index in [2.05, 4.69) is 26.2 Å². The molecule has 3 aromatic carbocycles. The molecule has 1 aliphatic rings. The number of non-ortho nitro benzene ring substituents is 1. The van der Waals surface area contributed by atoms with Crippen molar-refractivity contribution in [2.45, 2.75) is 13.8 Å². The average molecular weight is 581 g/mol.